The number of carbonyl (C=O) groups is 2. The van der Waals surface area contributed by atoms with E-state index in [9.17, 15) is 9.59 Å². The summed E-state index contributed by atoms with van der Waals surface area (Å²) in [5.41, 5.74) is 1.56. The van der Waals surface area contributed by atoms with Gasteiger partial charge in [0.15, 0.2) is 0 Å². The highest BCUT2D eigenvalue weighted by molar-refractivity contribution is 5.97. The molecule has 2 saturated heterocycles. The van der Waals surface area contributed by atoms with Crippen LogP contribution in [0.5, 0.6) is 0 Å². The van der Waals surface area contributed by atoms with Crippen LogP contribution in [0.25, 0.3) is 0 Å². The third-order valence-electron chi connectivity index (χ3n) is 5.08. The normalized spacial score (nSPS) is 21.0. The number of aromatic nitrogens is 2. The van der Waals surface area contributed by atoms with Gasteiger partial charge in [0, 0.05) is 49.7 Å². The van der Waals surface area contributed by atoms with Crippen LogP contribution in [-0.4, -0.2) is 46.1 Å². The summed E-state index contributed by atoms with van der Waals surface area (Å²) in [6, 6.07) is 9.59. The van der Waals surface area contributed by atoms with Gasteiger partial charge in [-0.2, -0.15) is 5.10 Å². The van der Waals surface area contributed by atoms with Gasteiger partial charge in [0.25, 0.3) is 5.91 Å². The van der Waals surface area contributed by atoms with E-state index in [1.807, 2.05) is 46.1 Å². The Morgan fingerprint density at radius 2 is 1.96 bits per heavy atom. The number of hydrogen-bond acceptors (Lipinski definition) is 3. The number of carbonyl (C=O) groups excluding carboxylic acids is 2. The van der Waals surface area contributed by atoms with Crippen LogP contribution >= 0.6 is 0 Å². The van der Waals surface area contributed by atoms with E-state index in [-0.39, 0.29) is 17.9 Å². The van der Waals surface area contributed by atoms with Gasteiger partial charge in [-0.25, -0.2) is 0 Å². The van der Waals surface area contributed by atoms with Gasteiger partial charge in [0.2, 0.25) is 5.91 Å². The fourth-order valence-corrected chi connectivity index (χ4v) is 3.74. The second-order valence-electron chi connectivity index (χ2n) is 6.73. The van der Waals surface area contributed by atoms with Crippen LogP contribution < -0.4 is 4.90 Å². The first kappa shape index (κ1) is 15.9. The molecule has 0 saturated carbocycles. The Bertz CT molecular complexity index is 754. The van der Waals surface area contributed by atoms with Crippen molar-refractivity contribution in [2.75, 3.05) is 24.5 Å². The fourth-order valence-electron chi connectivity index (χ4n) is 3.74. The average molecular weight is 338 g/mol. The molecule has 1 aromatic heterocycles. The number of nitrogens with zero attached hydrogens (tertiary/aromatic N) is 4. The van der Waals surface area contributed by atoms with E-state index in [0.717, 1.165) is 38.0 Å². The molecule has 6 heteroatoms. The predicted molar refractivity (Wildman–Crippen MR) is 94.4 cm³/mol. The third kappa shape index (κ3) is 3.16. The lowest BCUT2D eigenvalue weighted by Gasteiger charge is -2.33. The van der Waals surface area contributed by atoms with Gasteiger partial charge in [-0.05, 0) is 49.6 Å². The van der Waals surface area contributed by atoms with E-state index in [4.69, 9.17) is 0 Å². The number of hydrogen-bond donors (Lipinski definition) is 0. The first-order chi connectivity index (χ1) is 12.2. The number of likely N-dealkylation sites (tertiary alicyclic amines) is 1. The first-order valence-corrected chi connectivity index (χ1v) is 8.91. The summed E-state index contributed by atoms with van der Waals surface area (Å²) in [4.78, 5) is 28.4. The van der Waals surface area contributed by atoms with Crippen LogP contribution in [0.4, 0.5) is 5.69 Å². The van der Waals surface area contributed by atoms with Crippen LogP contribution in [0.15, 0.2) is 42.7 Å². The Morgan fingerprint density at radius 3 is 2.64 bits per heavy atom. The highest BCUT2D eigenvalue weighted by atomic mass is 16.2. The highest BCUT2D eigenvalue weighted by Gasteiger charge is 2.26. The molecule has 0 bridgehead atoms. The molecule has 6 nitrogen and oxygen atoms in total. The summed E-state index contributed by atoms with van der Waals surface area (Å²) >= 11 is 0. The van der Waals surface area contributed by atoms with Crippen LogP contribution in [0.3, 0.4) is 0 Å². The lowest BCUT2D eigenvalue weighted by Crippen LogP contribution is -2.40. The number of rotatable bonds is 3. The minimum absolute atomic E-state index is 0.0520. The molecule has 0 aliphatic carbocycles. The van der Waals surface area contributed by atoms with Crippen molar-refractivity contribution in [3.63, 3.8) is 0 Å². The topological polar surface area (TPSA) is 58.4 Å². The van der Waals surface area contributed by atoms with E-state index in [1.165, 1.54) is 0 Å². The molecule has 2 amide bonds. The smallest absolute Gasteiger partial charge is 0.253 e. The number of amides is 2. The van der Waals surface area contributed by atoms with E-state index in [1.54, 1.807) is 11.1 Å². The van der Waals surface area contributed by atoms with Crippen molar-refractivity contribution >= 4 is 17.5 Å². The Balaban J connectivity index is 1.46. The number of anilines is 1. The number of benzene rings is 1. The minimum atomic E-state index is 0.0520. The van der Waals surface area contributed by atoms with Crippen molar-refractivity contribution < 1.29 is 9.59 Å². The monoisotopic (exact) mass is 338 g/mol. The van der Waals surface area contributed by atoms with Crippen molar-refractivity contribution in [1.82, 2.24) is 14.7 Å². The van der Waals surface area contributed by atoms with Gasteiger partial charge in [0.1, 0.15) is 0 Å². The highest BCUT2D eigenvalue weighted by Crippen LogP contribution is 2.24. The largest absolute Gasteiger partial charge is 0.337 e. The standard InChI is InChI=1S/C19H22N4O2/c24-18-5-2-12-22(18)16-8-6-15(7-9-16)19(25)21-11-1-4-17(14-21)23-13-3-10-20-23/h3,6-10,13,17H,1-2,4-5,11-12,14H2/t17-/m1/s1. The molecule has 0 unspecified atom stereocenters. The second-order valence-corrected chi connectivity index (χ2v) is 6.73. The lowest BCUT2D eigenvalue weighted by molar-refractivity contribution is -0.117. The van der Waals surface area contributed by atoms with Crippen molar-refractivity contribution in [2.45, 2.75) is 31.7 Å². The summed E-state index contributed by atoms with van der Waals surface area (Å²) in [5, 5.41) is 4.31. The van der Waals surface area contributed by atoms with E-state index in [2.05, 4.69) is 5.10 Å². The molecule has 2 fully saturated rings. The molecule has 0 N–H and O–H groups in total. The van der Waals surface area contributed by atoms with Crippen molar-refractivity contribution in [2.24, 2.45) is 0 Å². The maximum absolute atomic E-state index is 12.8. The Morgan fingerprint density at radius 1 is 1.12 bits per heavy atom. The molecule has 2 aliphatic rings. The van der Waals surface area contributed by atoms with Gasteiger partial charge in [-0.15, -0.1) is 0 Å². The van der Waals surface area contributed by atoms with Crippen LogP contribution in [0.1, 0.15) is 42.1 Å². The van der Waals surface area contributed by atoms with Crippen LogP contribution in [0.2, 0.25) is 0 Å². The van der Waals surface area contributed by atoms with Crippen molar-refractivity contribution in [1.29, 1.82) is 0 Å². The molecule has 1 aromatic carbocycles. The molecule has 130 valence electrons. The summed E-state index contributed by atoms with van der Waals surface area (Å²) < 4.78 is 1.95. The molecule has 0 spiro atoms. The van der Waals surface area contributed by atoms with Gasteiger partial charge >= 0.3 is 0 Å². The summed E-state index contributed by atoms with van der Waals surface area (Å²) in [5.74, 6) is 0.216. The van der Waals surface area contributed by atoms with Gasteiger partial charge in [-0.3, -0.25) is 14.3 Å². The van der Waals surface area contributed by atoms with E-state index < -0.39 is 0 Å². The van der Waals surface area contributed by atoms with Gasteiger partial charge in [-0.1, -0.05) is 0 Å². The summed E-state index contributed by atoms with van der Waals surface area (Å²) in [6.07, 6.45) is 7.28. The van der Waals surface area contributed by atoms with Crippen molar-refractivity contribution in [3.8, 4) is 0 Å². The summed E-state index contributed by atoms with van der Waals surface area (Å²) in [6.45, 7) is 2.24. The molecule has 3 heterocycles. The zero-order valence-corrected chi connectivity index (χ0v) is 14.2. The van der Waals surface area contributed by atoms with Gasteiger partial charge < -0.3 is 9.80 Å². The fraction of sp³-hybridized carbons (Fsp3) is 0.421. The minimum Gasteiger partial charge on any atom is -0.337 e. The molecular formula is C19H22N4O2. The molecule has 25 heavy (non-hydrogen) atoms. The predicted octanol–water partition coefficient (Wildman–Crippen LogP) is 2.49. The quantitative estimate of drug-likeness (QED) is 0.864. The van der Waals surface area contributed by atoms with E-state index in [0.29, 0.717) is 18.5 Å². The lowest BCUT2D eigenvalue weighted by atomic mass is 10.0. The third-order valence-corrected chi connectivity index (χ3v) is 5.08. The first-order valence-electron chi connectivity index (χ1n) is 8.91. The van der Waals surface area contributed by atoms with Gasteiger partial charge in [0.05, 0.1) is 6.04 Å². The summed E-state index contributed by atoms with van der Waals surface area (Å²) in [7, 11) is 0. The molecule has 2 aliphatic heterocycles. The average Bonchev–Trinajstić information content (AvgIpc) is 3.33. The Kier molecular flexibility index (Phi) is 4.26. The molecule has 0 radical (unpaired) electrons. The molecule has 4 rings (SSSR count). The Hall–Kier alpha value is -2.63. The Labute approximate surface area is 147 Å². The maximum atomic E-state index is 12.8. The zero-order valence-electron chi connectivity index (χ0n) is 14.2. The SMILES string of the molecule is O=C(c1ccc(N2CCCC2=O)cc1)N1CCC[C@@H](n2cccn2)C1. The number of piperidine rings is 1. The molecule has 1 atom stereocenters. The van der Waals surface area contributed by atoms with Crippen LogP contribution in [-0.2, 0) is 4.79 Å². The van der Waals surface area contributed by atoms with E-state index >= 15 is 0 Å². The second kappa shape index (κ2) is 6.70. The molecular weight excluding hydrogens is 316 g/mol. The molecule has 2 aromatic rings. The van der Waals surface area contributed by atoms with Crippen LogP contribution in [0, 0.1) is 0 Å². The van der Waals surface area contributed by atoms with Crippen molar-refractivity contribution in [3.05, 3.63) is 48.3 Å². The maximum Gasteiger partial charge on any atom is 0.253 e. The zero-order chi connectivity index (χ0) is 17.2.